The van der Waals surface area contributed by atoms with Crippen molar-refractivity contribution < 1.29 is 33.5 Å². The largest absolute Gasteiger partial charge is 0.450 e. The van der Waals surface area contributed by atoms with E-state index in [1.807, 2.05) is 121 Å². The van der Waals surface area contributed by atoms with E-state index >= 15 is 0 Å². The summed E-state index contributed by atoms with van der Waals surface area (Å²) in [5, 5.41) is 7.70. The number of anilines is 1. The zero-order valence-corrected chi connectivity index (χ0v) is 31.4. The molecule has 2 amide bonds. The van der Waals surface area contributed by atoms with Gasteiger partial charge in [-0.1, -0.05) is 139 Å². The number of rotatable bonds is 14. The Bertz CT molecular complexity index is 2210. The van der Waals surface area contributed by atoms with Crippen molar-refractivity contribution in [2.75, 3.05) is 18.1 Å². The van der Waals surface area contributed by atoms with Crippen LogP contribution < -0.4 is 11.1 Å². The van der Waals surface area contributed by atoms with E-state index < -0.39 is 54.0 Å². The normalized spacial score (nSPS) is 16.5. The first kappa shape index (κ1) is 37.8. The lowest BCUT2D eigenvalue weighted by atomic mass is 10.0. The molecule has 14 heteroatoms. The molecule has 12 nitrogen and oxygen atoms in total. The number of thioether (sulfide) groups is 1. The molecule has 7 rings (SSSR count). The van der Waals surface area contributed by atoms with E-state index in [9.17, 15) is 19.2 Å². The molecule has 5 aromatic rings. The summed E-state index contributed by atoms with van der Waals surface area (Å²) >= 11 is 2.43. The SMILES string of the molecule is C=CC1=C(C(=O)OC(c2ccccc2)c2ccccc2)N2C(=O)C(NC(=O)/C(=N/OCC(=O)OC(c3ccccc3)c3ccccc3)c3csc(N)n3)[C@H]2SC1. The van der Waals surface area contributed by atoms with Crippen LogP contribution in [0.2, 0.25) is 0 Å². The van der Waals surface area contributed by atoms with Gasteiger partial charge in [-0.2, -0.15) is 0 Å². The van der Waals surface area contributed by atoms with E-state index in [-0.39, 0.29) is 22.2 Å². The van der Waals surface area contributed by atoms with Gasteiger partial charge in [0.25, 0.3) is 11.8 Å². The zero-order valence-electron chi connectivity index (χ0n) is 29.7. The summed E-state index contributed by atoms with van der Waals surface area (Å²) in [6.45, 7) is 3.24. The maximum atomic E-state index is 14.0. The number of aromatic nitrogens is 1. The second-order valence-corrected chi connectivity index (χ2v) is 14.5. The highest BCUT2D eigenvalue weighted by Crippen LogP contribution is 2.42. The third kappa shape index (κ3) is 8.26. The van der Waals surface area contributed by atoms with E-state index in [0.717, 1.165) is 33.6 Å². The summed E-state index contributed by atoms with van der Waals surface area (Å²) in [4.78, 5) is 65.4. The minimum atomic E-state index is -1.04. The van der Waals surface area contributed by atoms with Crippen LogP contribution in [0.4, 0.5) is 5.13 Å². The number of benzene rings is 4. The van der Waals surface area contributed by atoms with Crippen molar-refractivity contribution in [3.05, 3.63) is 179 Å². The first-order valence-corrected chi connectivity index (χ1v) is 19.4. The molecule has 3 heterocycles. The van der Waals surface area contributed by atoms with E-state index in [1.165, 1.54) is 28.1 Å². The summed E-state index contributed by atoms with van der Waals surface area (Å²) in [5.41, 5.74) is 9.25. The maximum absolute atomic E-state index is 14.0. The molecule has 2 atom stereocenters. The van der Waals surface area contributed by atoms with Crippen molar-refractivity contribution in [3.8, 4) is 0 Å². The van der Waals surface area contributed by atoms with Crippen molar-refractivity contribution >= 4 is 57.7 Å². The lowest BCUT2D eigenvalue weighted by Gasteiger charge is -2.49. The molecule has 0 radical (unpaired) electrons. The number of nitrogen functional groups attached to an aromatic ring is 1. The number of amides is 2. The number of carbonyl (C=O) groups is 4. The molecular weight excluding hydrogens is 751 g/mol. The van der Waals surface area contributed by atoms with E-state index in [1.54, 1.807) is 0 Å². The molecule has 0 bridgehead atoms. The summed E-state index contributed by atoms with van der Waals surface area (Å²) in [6.07, 6.45) is 0.0767. The molecule has 1 saturated heterocycles. The van der Waals surface area contributed by atoms with Crippen molar-refractivity contribution in [1.29, 1.82) is 0 Å². The summed E-state index contributed by atoms with van der Waals surface area (Å²) in [7, 11) is 0. The third-order valence-electron chi connectivity index (χ3n) is 8.93. The number of nitrogens with two attached hydrogens (primary N) is 1. The number of hydrogen-bond acceptors (Lipinski definition) is 12. The lowest BCUT2D eigenvalue weighted by molar-refractivity contribution is -0.154. The second kappa shape index (κ2) is 17.3. The fourth-order valence-corrected chi connectivity index (χ4v) is 8.13. The highest BCUT2D eigenvalue weighted by Gasteiger charge is 2.54. The van der Waals surface area contributed by atoms with E-state index in [4.69, 9.17) is 20.0 Å². The number of nitrogens with one attached hydrogen (secondary N) is 1. The number of thiazole rings is 1. The molecule has 0 spiro atoms. The fraction of sp³-hybridized carbons (Fsp3) is 0.143. The first-order chi connectivity index (χ1) is 27.3. The van der Waals surface area contributed by atoms with Crippen LogP contribution in [-0.2, 0) is 33.5 Å². The van der Waals surface area contributed by atoms with Gasteiger partial charge < -0.3 is 25.4 Å². The van der Waals surface area contributed by atoms with Gasteiger partial charge in [-0.25, -0.2) is 14.6 Å². The predicted octanol–water partition coefficient (Wildman–Crippen LogP) is 5.95. The van der Waals surface area contributed by atoms with Crippen LogP contribution >= 0.6 is 23.1 Å². The maximum Gasteiger partial charge on any atom is 0.356 e. The molecule has 282 valence electrons. The minimum absolute atomic E-state index is 0.0587. The van der Waals surface area contributed by atoms with E-state index in [2.05, 4.69) is 22.0 Å². The molecule has 1 fully saturated rings. The lowest BCUT2D eigenvalue weighted by Crippen LogP contribution is -2.71. The smallest absolute Gasteiger partial charge is 0.356 e. The Morgan fingerprint density at radius 2 is 1.38 bits per heavy atom. The van der Waals surface area contributed by atoms with Gasteiger partial charge >= 0.3 is 11.9 Å². The van der Waals surface area contributed by atoms with Crippen LogP contribution in [0.25, 0.3) is 0 Å². The Morgan fingerprint density at radius 3 is 1.86 bits per heavy atom. The van der Waals surface area contributed by atoms with Crippen LogP contribution in [-0.4, -0.2) is 63.1 Å². The third-order valence-corrected chi connectivity index (χ3v) is 10.9. The number of β-lactam (4-membered cyclic amide) rings is 1. The molecule has 4 aromatic carbocycles. The Kier molecular flexibility index (Phi) is 11.7. The monoisotopic (exact) mass is 785 g/mol. The number of hydrogen-bond donors (Lipinski definition) is 2. The summed E-state index contributed by atoms with van der Waals surface area (Å²) in [5.74, 6) is -2.45. The Labute approximate surface area is 330 Å². The average Bonchev–Trinajstić information content (AvgIpc) is 3.68. The van der Waals surface area contributed by atoms with Crippen LogP contribution in [0.5, 0.6) is 0 Å². The Morgan fingerprint density at radius 1 is 0.857 bits per heavy atom. The topological polar surface area (TPSA) is 163 Å². The number of oxime groups is 1. The quantitative estimate of drug-likeness (QED) is 0.0596. The predicted molar refractivity (Wildman–Crippen MR) is 213 cm³/mol. The van der Waals surface area contributed by atoms with Crippen molar-refractivity contribution in [3.63, 3.8) is 0 Å². The van der Waals surface area contributed by atoms with Gasteiger partial charge in [0.2, 0.25) is 6.61 Å². The molecule has 2 aliphatic rings. The fourth-order valence-electron chi connectivity index (χ4n) is 6.25. The number of allylic oxidation sites excluding steroid dienone is 1. The molecule has 2 aliphatic heterocycles. The molecular formula is C42H35N5O7S2. The van der Waals surface area contributed by atoms with Gasteiger partial charge in [0, 0.05) is 11.1 Å². The van der Waals surface area contributed by atoms with Gasteiger partial charge in [0.05, 0.1) is 0 Å². The van der Waals surface area contributed by atoms with Gasteiger partial charge in [-0.05, 0) is 27.8 Å². The van der Waals surface area contributed by atoms with Crippen LogP contribution in [0.3, 0.4) is 0 Å². The number of fused-ring (bicyclic) bond motifs is 1. The number of ether oxygens (including phenoxy) is 2. The summed E-state index contributed by atoms with van der Waals surface area (Å²) in [6, 6.07) is 36.1. The zero-order chi connectivity index (χ0) is 39.0. The first-order valence-electron chi connectivity index (χ1n) is 17.4. The van der Waals surface area contributed by atoms with Crippen molar-refractivity contribution in [1.82, 2.24) is 15.2 Å². The number of nitrogens with zero attached hydrogens (tertiary/aromatic N) is 3. The number of carbonyl (C=O) groups excluding carboxylic acids is 4. The summed E-state index contributed by atoms with van der Waals surface area (Å²) < 4.78 is 11.9. The molecule has 0 aliphatic carbocycles. The van der Waals surface area contributed by atoms with E-state index in [0.29, 0.717) is 11.3 Å². The van der Waals surface area contributed by atoms with Gasteiger partial charge in [-0.3, -0.25) is 14.5 Å². The van der Waals surface area contributed by atoms with Gasteiger partial charge in [0.15, 0.2) is 23.1 Å². The molecule has 1 aromatic heterocycles. The van der Waals surface area contributed by atoms with Gasteiger partial charge in [0.1, 0.15) is 22.8 Å². The van der Waals surface area contributed by atoms with Crippen LogP contribution in [0, 0.1) is 0 Å². The highest BCUT2D eigenvalue weighted by molar-refractivity contribution is 8.00. The van der Waals surface area contributed by atoms with Crippen molar-refractivity contribution in [2.24, 2.45) is 5.16 Å². The second-order valence-electron chi connectivity index (χ2n) is 12.5. The van der Waals surface area contributed by atoms with Crippen molar-refractivity contribution in [2.45, 2.75) is 23.6 Å². The molecule has 1 unspecified atom stereocenters. The highest BCUT2D eigenvalue weighted by atomic mass is 32.2. The van der Waals surface area contributed by atoms with Crippen LogP contribution in [0.15, 0.2) is 156 Å². The molecule has 0 saturated carbocycles. The Hall–Kier alpha value is -6.51. The standard InChI is InChI=1S/C42H35N5O7S2/c1-2-26-24-55-40-34(39(50)47(40)35(26)41(51)54-37(29-19-11-5-12-20-29)30-21-13-6-14-22-30)45-38(49)33(31-25-56-42(43)44-31)46-52-23-32(48)53-36(27-15-7-3-8-16-27)28-17-9-4-10-18-28/h2-22,25,34,36-37,40H,1,23-24H2,(H2,43,44)(H,45,49)/b46-33+/t34?,40-/m1/s1. The molecule has 56 heavy (non-hydrogen) atoms. The minimum Gasteiger partial charge on any atom is -0.450 e. The Balaban J connectivity index is 1.05. The molecule has 3 N–H and O–H groups in total. The van der Waals surface area contributed by atoms with Crippen LogP contribution in [0.1, 0.15) is 40.2 Å². The average molecular weight is 786 g/mol. The van der Waals surface area contributed by atoms with Gasteiger partial charge in [-0.15, -0.1) is 23.1 Å². The number of esters is 2.